The number of rotatable bonds is 8. The van der Waals surface area contributed by atoms with Gasteiger partial charge >= 0.3 is 0 Å². The molecule has 9 heteroatoms. The molecule has 0 saturated carbocycles. The molecule has 4 aromatic rings. The first-order chi connectivity index (χ1) is 20.0. The molecule has 0 fully saturated rings. The van der Waals surface area contributed by atoms with Gasteiger partial charge in [-0.3, -0.25) is 0 Å². The fraction of sp³-hybridized carbons (Fsp3) is 0.212. The first-order valence-electron chi connectivity index (χ1n) is 13.5. The summed E-state index contributed by atoms with van der Waals surface area (Å²) >= 11 is 7.18. The Labute approximate surface area is 253 Å². The van der Waals surface area contributed by atoms with Gasteiger partial charge in [0.05, 0.1) is 33.7 Å². The number of ether oxygens (including phenoxy) is 1. The van der Waals surface area contributed by atoms with Gasteiger partial charge in [-0.25, -0.2) is 16.8 Å². The highest BCUT2D eigenvalue weighted by atomic mass is 35.5. The van der Waals surface area contributed by atoms with Crippen molar-refractivity contribution in [2.75, 3.05) is 20.2 Å². The highest BCUT2D eigenvalue weighted by Crippen LogP contribution is 2.46. The summed E-state index contributed by atoms with van der Waals surface area (Å²) in [6, 6.07) is 29.6. The smallest absolute Gasteiger partial charge is 0.243 e. The number of aryl methyl sites for hydroxylation is 2. The first-order valence-corrected chi connectivity index (χ1v) is 16.8. The van der Waals surface area contributed by atoms with Crippen LogP contribution in [0.5, 0.6) is 5.75 Å². The molecule has 0 saturated heterocycles. The number of sulfone groups is 1. The normalized spacial score (nSPS) is 17.2. The number of methoxy groups -OCH3 is 1. The minimum atomic E-state index is -4.14. The van der Waals surface area contributed by atoms with E-state index < -0.39 is 31.2 Å². The van der Waals surface area contributed by atoms with E-state index in [4.69, 9.17) is 16.3 Å². The summed E-state index contributed by atoms with van der Waals surface area (Å²) in [5.74, 6) is -0.0737. The summed E-state index contributed by atoms with van der Waals surface area (Å²) in [7, 11) is -6.65. The molecule has 0 unspecified atom stereocenters. The Balaban J connectivity index is 1.77. The fourth-order valence-corrected chi connectivity index (χ4v) is 8.74. The maximum atomic E-state index is 14.4. The van der Waals surface area contributed by atoms with E-state index >= 15 is 0 Å². The van der Waals surface area contributed by atoms with Crippen LogP contribution in [0.25, 0.3) is 5.57 Å². The van der Waals surface area contributed by atoms with E-state index in [1.807, 2.05) is 44.2 Å². The van der Waals surface area contributed by atoms with E-state index in [1.54, 1.807) is 79.9 Å². The van der Waals surface area contributed by atoms with Crippen molar-refractivity contribution in [1.82, 2.24) is 4.31 Å². The van der Waals surface area contributed by atoms with E-state index in [-0.39, 0.29) is 27.8 Å². The molecule has 5 rings (SSSR count). The average Bonchev–Trinajstić information content (AvgIpc) is 3.01. The van der Waals surface area contributed by atoms with Crippen molar-refractivity contribution in [2.24, 2.45) is 5.92 Å². The number of sulfonamides is 1. The molecule has 218 valence electrons. The Hall–Kier alpha value is -3.43. The third-order valence-corrected chi connectivity index (χ3v) is 11.9. The van der Waals surface area contributed by atoms with Crippen LogP contribution in [-0.4, -0.2) is 41.3 Å². The number of hydrogen-bond acceptors (Lipinski definition) is 5. The van der Waals surface area contributed by atoms with Crippen molar-refractivity contribution < 1.29 is 21.6 Å². The zero-order chi connectivity index (χ0) is 30.1. The second-order valence-electron chi connectivity index (χ2n) is 10.4. The van der Waals surface area contributed by atoms with Gasteiger partial charge in [-0.1, -0.05) is 77.9 Å². The standard InChI is InChI=1S/C33H32ClNO5S2/c1-23-9-17-28(18-10-23)41(36,37)31-22-35(42(38,39)29-19-11-24(2)12-20-29)21-30(33(34)26-7-5-4-6-8-26)32(31)25-13-15-27(40-3)16-14-25/h4-20,30,33H,21-22H2,1-3H3/t30-,33-/m1/s1. The van der Waals surface area contributed by atoms with Crippen molar-refractivity contribution in [1.29, 1.82) is 0 Å². The summed E-state index contributed by atoms with van der Waals surface area (Å²) < 4.78 is 63.5. The monoisotopic (exact) mass is 621 g/mol. The first kappa shape index (κ1) is 30.0. The lowest BCUT2D eigenvalue weighted by Crippen LogP contribution is -2.43. The highest BCUT2D eigenvalue weighted by molar-refractivity contribution is 7.95. The predicted molar refractivity (Wildman–Crippen MR) is 167 cm³/mol. The SMILES string of the molecule is COc1ccc(C2=C(S(=O)(=O)c3ccc(C)cc3)CN(S(=O)(=O)c3ccc(C)cc3)C[C@H]2[C@H](Cl)c2ccccc2)cc1. The number of nitrogens with zero attached hydrogens (tertiary/aromatic N) is 1. The lowest BCUT2D eigenvalue weighted by molar-refractivity contribution is 0.379. The van der Waals surface area contributed by atoms with Crippen molar-refractivity contribution in [2.45, 2.75) is 29.0 Å². The van der Waals surface area contributed by atoms with Crippen LogP contribution in [0.15, 0.2) is 118 Å². The van der Waals surface area contributed by atoms with Crippen LogP contribution in [-0.2, 0) is 19.9 Å². The molecule has 42 heavy (non-hydrogen) atoms. The van der Waals surface area contributed by atoms with Gasteiger partial charge in [0.2, 0.25) is 19.9 Å². The van der Waals surface area contributed by atoms with E-state index in [2.05, 4.69) is 0 Å². The molecule has 1 heterocycles. The van der Waals surface area contributed by atoms with Gasteiger partial charge in [0.15, 0.2) is 0 Å². The molecule has 1 aliphatic rings. The van der Waals surface area contributed by atoms with Crippen LogP contribution >= 0.6 is 11.6 Å². The van der Waals surface area contributed by atoms with Crippen LogP contribution in [0.3, 0.4) is 0 Å². The van der Waals surface area contributed by atoms with Gasteiger partial charge in [-0.2, -0.15) is 4.31 Å². The molecule has 0 bridgehead atoms. The van der Waals surface area contributed by atoms with Crippen molar-refractivity contribution in [3.63, 3.8) is 0 Å². The highest BCUT2D eigenvalue weighted by Gasteiger charge is 2.42. The Morgan fingerprint density at radius 2 is 1.31 bits per heavy atom. The fourth-order valence-electron chi connectivity index (χ4n) is 5.21. The minimum Gasteiger partial charge on any atom is -0.497 e. The van der Waals surface area contributed by atoms with Crippen LogP contribution in [0.1, 0.15) is 27.6 Å². The van der Waals surface area contributed by atoms with Crippen molar-refractivity contribution in [3.8, 4) is 5.75 Å². The second kappa shape index (κ2) is 12.1. The zero-order valence-corrected chi connectivity index (χ0v) is 26.0. The maximum Gasteiger partial charge on any atom is 0.243 e. The quantitative estimate of drug-likeness (QED) is 0.202. The van der Waals surface area contributed by atoms with Gasteiger partial charge in [0.25, 0.3) is 0 Å². The van der Waals surface area contributed by atoms with Crippen LogP contribution in [0.4, 0.5) is 0 Å². The Morgan fingerprint density at radius 1 is 0.762 bits per heavy atom. The van der Waals surface area contributed by atoms with Crippen molar-refractivity contribution in [3.05, 3.63) is 130 Å². The van der Waals surface area contributed by atoms with E-state index in [9.17, 15) is 16.8 Å². The topological polar surface area (TPSA) is 80.8 Å². The molecule has 0 amide bonds. The van der Waals surface area contributed by atoms with E-state index in [0.717, 1.165) is 16.7 Å². The lowest BCUT2D eigenvalue weighted by atomic mass is 9.84. The molecule has 1 aliphatic heterocycles. The number of hydrogen-bond donors (Lipinski definition) is 0. The van der Waals surface area contributed by atoms with Crippen LogP contribution in [0.2, 0.25) is 0 Å². The van der Waals surface area contributed by atoms with Crippen molar-refractivity contribution >= 4 is 37.0 Å². The Morgan fingerprint density at radius 3 is 1.86 bits per heavy atom. The summed E-state index contributed by atoms with van der Waals surface area (Å²) in [4.78, 5) is 0.191. The number of benzene rings is 4. The average molecular weight is 622 g/mol. The largest absolute Gasteiger partial charge is 0.497 e. The van der Waals surface area contributed by atoms with Crippen LogP contribution in [0, 0.1) is 19.8 Å². The zero-order valence-electron chi connectivity index (χ0n) is 23.6. The van der Waals surface area contributed by atoms with E-state index in [1.165, 1.54) is 4.31 Å². The summed E-state index contributed by atoms with van der Waals surface area (Å²) in [5.41, 5.74) is 3.72. The summed E-state index contributed by atoms with van der Waals surface area (Å²) in [6.07, 6.45) is 0. The van der Waals surface area contributed by atoms with Gasteiger partial charge in [0.1, 0.15) is 5.75 Å². The van der Waals surface area contributed by atoms with Gasteiger partial charge in [-0.15, -0.1) is 11.6 Å². The minimum absolute atomic E-state index is 0.00466. The van der Waals surface area contributed by atoms with Crippen LogP contribution < -0.4 is 4.74 Å². The third kappa shape index (κ3) is 5.90. The molecular formula is C33H32ClNO5S2. The molecule has 4 aromatic carbocycles. The predicted octanol–water partition coefficient (Wildman–Crippen LogP) is 6.80. The molecule has 0 aliphatic carbocycles. The molecule has 0 spiro atoms. The molecule has 0 N–H and O–H groups in total. The lowest BCUT2D eigenvalue weighted by Gasteiger charge is -2.38. The van der Waals surface area contributed by atoms with Gasteiger partial charge in [0, 0.05) is 12.5 Å². The molecule has 0 radical (unpaired) electrons. The molecular weight excluding hydrogens is 590 g/mol. The van der Waals surface area contributed by atoms with E-state index in [0.29, 0.717) is 16.9 Å². The molecule has 0 aromatic heterocycles. The van der Waals surface area contributed by atoms with Gasteiger partial charge in [-0.05, 0) is 66.9 Å². The number of halogens is 1. The summed E-state index contributed by atoms with van der Waals surface area (Å²) in [5, 5.41) is -0.720. The van der Waals surface area contributed by atoms with Gasteiger partial charge < -0.3 is 4.74 Å². The Bertz CT molecular complexity index is 1800. The Kier molecular flexibility index (Phi) is 8.62. The number of alkyl halides is 1. The molecule has 2 atom stereocenters. The second-order valence-corrected chi connectivity index (χ2v) is 14.8. The third-order valence-electron chi connectivity index (χ3n) is 7.58. The maximum absolute atomic E-state index is 14.4. The summed E-state index contributed by atoms with van der Waals surface area (Å²) in [6.45, 7) is 3.42. The molecule has 6 nitrogen and oxygen atoms in total.